The third-order valence-electron chi connectivity index (χ3n) is 7.39. The molecule has 1 aromatic carbocycles. The Morgan fingerprint density at radius 1 is 1.10 bits per heavy atom. The predicted molar refractivity (Wildman–Crippen MR) is 135 cm³/mol. The molecule has 3 heteroatoms. The maximum atomic E-state index is 5.94. The van der Waals surface area contributed by atoms with Gasteiger partial charge in [-0.2, -0.15) is 0 Å². The second kappa shape index (κ2) is 12.6. The van der Waals surface area contributed by atoms with Gasteiger partial charge in [-0.25, -0.2) is 0 Å². The van der Waals surface area contributed by atoms with Gasteiger partial charge in [-0.15, -0.1) is 0 Å². The van der Waals surface area contributed by atoms with Gasteiger partial charge in [0.2, 0.25) is 0 Å². The number of allylic oxidation sites excluding steroid dienone is 2. The normalized spacial score (nSPS) is 17.5. The smallest absolute Gasteiger partial charge is 0.119 e. The highest BCUT2D eigenvalue weighted by molar-refractivity contribution is 5.27. The molecule has 1 aliphatic rings. The van der Waals surface area contributed by atoms with Crippen molar-refractivity contribution < 1.29 is 4.74 Å². The highest BCUT2D eigenvalue weighted by atomic mass is 16.5. The van der Waals surface area contributed by atoms with Crippen LogP contribution in [0.15, 0.2) is 35.4 Å². The second-order valence-corrected chi connectivity index (χ2v) is 10.2. The van der Waals surface area contributed by atoms with E-state index < -0.39 is 0 Å². The molecule has 0 spiro atoms. The lowest BCUT2D eigenvalue weighted by Gasteiger charge is -2.36. The van der Waals surface area contributed by atoms with Crippen molar-refractivity contribution in [1.29, 1.82) is 0 Å². The molecule has 0 aliphatic heterocycles. The summed E-state index contributed by atoms with van der Waals surface area (Å²) in [6.45, 7) is 19.2. The van der Waals surface area contributed by atoms with Gasteiger partial charge >= 0.3 is 0 Å². The van der Waals surface area contributed by atoms with Crippen LogP contribution in [0.25, 0.3) is 0 Å². The molecule has 0 heterocycles. The molecule has 0 bridgehead atoms. The average Bonchev–Trinajstić information content (AvgIpc) is 2.74. The van der Waals surface area contributed by atoms with Crippen LogP contribution in [0.2, 0.25) is 0 Å². The molecule has 0 fully saturated rings. The minimum absolute atomic E-state index is 0.391. The van der Waals surface area contributed by atoms with Crippen LogP contribution >= 0.6 is 0 Å². The van der Waals surface area contributed by atoms with Crippen LogP contribution in [0.4, 0.5) is 0 Å². The molecule has 1 aliphatic carbocycles. The van der Waals surface area contributed by atoms with E-state index in [1.807, 2.05) is 0 Å². The minimum Gasteiger partial charge on any atom is -0.494 e. The summed E-state index contributed by atoms with van der Waals surface area (Å²) in [6, 6.07) is 9.28. The van der Waals surface area contributed by atoms with Crippen LogP contribution in [0.1, 0.15) is 85.6 Å². The lowest BCUT2D eigenvalue weighted by Crippen LogP contribution is -2.29. The number of benzene rings is 1. The highest BCUT2D eigenvalue weighted by Gasteiger charge is 2.28. The SMILES string of the molecule is CCN(CC)CCCOc1ccc(CN(C)[C@@H](C)CCC2=C(C)CCCC2(C)C)cc1. The van der Waals surface area contributed by atoms with E-state index in [0.717, 1.165) is 45.0 Å². The van der Waals surface area contributed by atoms with Gasteiger partial charge in [-0.3, -0.25) is 4.90 Å². The van der Waals surface area contributed by atoms with Gasteiger partial charge in [0.25, 0.3) is 0 Å². The summed E-state index contributed by atoms with van der Waals surface area (Å²) >= 11 is 0. The third-order valence-corrected chi connectivity index (χ3v) is 7.39. The first-order valence-electron chi connectivity index (χ1n) is 12.6. The quantitative estimate of drug-likeness (QED) is 0.250. The Labute approximate surface area is 192 Å². The van der Waals surface area contributed by atoms with Crippen molar-refractivity contribution in [3.05, 3.63) is 41.0 Å². The topological polar surface area (TPSA) is 15.7 Å². The molecule has 0 radical (unpaired) electrons. The standard InChI is InChI=1S/C28H48N2O/c1-8-30(9-2)20-11-21-31-26-16-14-25(15-17-26)22-29(7)24(4)13-18-27-23(3)12-10-19-28(27,5)6/h14-17,24H,8-13,18-22H2,1-7H3/t24-/m0/s1. The molecule has 1 atom stereocenters. The van der Waals surface area contributed by atoms with Crippen LogP contribution < -0.4 is 4.74 Å². The zero-order chi connectivity index (χ0) is 22.9. The van der Waals surface area contributed by atoms with Crippen molar-refractivity contribution in [1.82, 2.24) is 9.80 Å². The first kappa shape index (κ1) is 25.9. The summed E-state index contributed by atoms with van der Waals surface area (Å²) < 4.78 is 5.94. The van der Waals surface area contributed by atoms with Crippen LogP contribution in [-0.2, 0) is 6.54 Å². The zero-order valence-electron chi connectivity index (χ0n) is 21.5. The first-order chi connectivity index (χ1) is 14.8. The van der Waals surface area contributed by atoms with Crippen LogP contribution in [0, 0.1) is 5.41 Å². The van der Waals surface area contributed by atoms with E-state index in [4.69, 9.17) is 4.74 Å². The Hall–Kier alpha value is -1.32. The Kier molecular flexibility index (Phi) is 10.6. The lowest BCUT2D eigenvalue weighted by molar-refractivity contribution is 0.232. The molecular formula is C28H48N2O. The lowest BCUT2D eigenvalue weighted by atomic mass is 9.71. The Morgan fingerprint density at radius 3 is 2.39 bits per heavy atom. The molecule has 3 nitrogen and oxygen atoms in total. The molecular weight excluding hydrogens is 380 g/mol. The van der Waals surface area contributed by atoms with Crippen molar-refractivity contribution in [2.24, 2.45) is 5.41 Å². The maximum Gasteiger partial charge on any atom is 0.119 e. The number of ether oxygens (including phenoxy) is 1. The Bertz CT molecular complexity index is 673. The molecule has 0 aromatic heterocycles. The van der Waals surface area contributed by atoms with Crippen molar-refractivity contribution in [3.8, 4) is 5.75 Å². The van der Waals surface area contributed by atoms with E-state index in [1.165, 1.54) is 37.7 Å². The summed E-state index contributed by atoms with van der Waals surface area (Å²) in [5, 5.41) is 0. The van der Waals surface area contributed by atoms with Gasteiger partial charge in [0.05, 0.1) is 6.61 Å². The number of rotatable bonds is 13. The summed E-state index contributed by atoms with van der Waals surface area (Å²) in [7, 11) is 2.26. The van der Waals surface area contributed by atoms with E-state index in [1.54, 1.807) is 11.1 Å². The maximum absolute atomic E-state index is 5.94. The van der Waals surface area contributed by atoms with E-state index in [9.17, 15) is 0 Å². The van der Waals surface area contributed by atoms with Crippen LogP contribution in [-0.4, -0.2) is 49.1 Å². The van der Waals surface area contributed by atoms with E-state index in [-0.39, 0.29) is 0 Å². The highest BCUT2D eigenvalue weighted by Crippen LogP contribution is 2.42. The van der Waals surface area contributed by atoms with Gasteiger partial charge < -0.3 is 9.64 Å². The molecule has 2 rings (SSSR count). The Morgan fingerprint density at radius 2 is 1.77 bits per heavy atom. The summed E-state index contributed by atoms with van der Waals surface area (Å²) in [6.07, 6.45) is 7.55. The molecule has 1 aromatic rings. The van der Waals surface area contributed by atoms with E-state index >= 15 is 0 Å². The van der Waals surface area contributed by atoms with Gasteiger partial charge in [0, 0.05) is 19.1 Å². The van der Waals surface area contributed by atoms with Crippen LogP contribution in [0.5, 0.6) is 5.75 Å². The Balaban J connectivity index is 1.76. The monoisotopic (exact) mass is 428 g/mol. The van der Waals surface area contributed by atoms with Crippen LogP contribution in [0.3, 0.4) is 0 Å². The zero-order valence-corrected chi connectivity index (χ0v) is 21.5. The number of hydrogen-bond acceptors (Lipinski definition) is 3. The summed E-state index contributed by atoms with van der Waals surface area (Å²) in [5.74, 6) is 0.987. The molecule has 0 amide bonds. The third kappa shape index (κ3) is 8.27. The molecule has 0 saturated heterocycles. The fourth-order valence-corrected chi connectivity index (χ4v) is 4.95. The van der Waals surface area contributed by atoms with E-state index in [2.05, 4.69) is 82.7 Å². The fourth-order valence-electron chi connectivity index (χ4n) is 4.95. The molecule has 0 unspecified atom stereocenters. The summed E-state index contributed by atoms with van der Waals surface area (Å²) in [4.78, 5) is 4.93. The second-order valence-electron chi connectivity index (χ2n) is 10.2. The van der Waals surface area contributed by atoms with Crippen molar-refractivity contribution in [3.63, 3.8) is 0 Å². The predicted octanol–water partition coefficient (Wildman–Crippen LogP) is 6.92. The largest absolute Gasteiger partial charge is 0.494 e. The molecule has 0 N–H and O–H groups in total. The van der Waals surface area contributed by atoms with Gasteiger partial charge in [0.15, 0.2) is 0 Å². The number of nitrogens with zero attached hydrogens (tertiary/aromatic N) is 2. The number of hydrogen-bond donors (Lipinski definition) is 0. The van der Waals surface area contributed by atoms with Crippen molar-refractivity contribution >= 4 is 0 Å². The summed E-state index contributed by atoms with van der Waals surface area (Å²) in [5.41, 5.74) is 5.13. The fraction of sp³-hybridized carbons (Fsp3) is 0.714. The van der Waals surface area contributed by atoms with Gasteiger partial charge in [0.1, 0.15) is 5.75 Å². The molecule has 0 saturated carbocycles. The van der Waals surface area contributed by atoms with Gasteiger partial charge in [-0.05, 0) is 95.6 Å². The van der Waals surface area contributed by atoms with Crippen molar-refractivity contribution in [2.75, 3.05) is 33.3 Å². The minimum atomic E-state index is 0.391. The van der Waals surface area contributed by atoms with Crippen molar-refractivity contribution in [2.45, 2.75) is 92.7 Å². The average molecular weight is 429 g/mol. The molecule has 176 valence electrons. The van der Waals surface area contributed by atoms with Gasteiger partial charge in [-0.1, -0.05) is 51.0 Å². The van der Waals surface area contributed by atoms with E-state index in [0.29, 0.717) is 11.5 Å². The molecule has 31 heavy (non-hydrogen) atoms. The first-order valence-corrected chi connectivity index (χ1v) is 12.6.